The van der Waals surface area contributed by atoms with Crippen molar-refractivity contribution in [3.8, 4) is 0 Å². The van der Waals surface area contributed by atoms with E-state index in [4.69, 9.17) is 5.73 Å². The molecule has 0 amide bonds. The number of para-hydroxylation sites is 1. The number of nitrogens with one attached hydrogen (secondary N) is 1. The van der Waals surface area contributed by atoms with Crippen LogP contribution in [-0.4, -0.2) is 10.5 Å². The molecule has 0 atom stereocenters. The molecule has 2 nitrogen and oxygen atoms in total. The Morgan fingerprint density at radius 2 is 1.89 bits per heavy atom. The van der Waals surface area contributed by atoms with Crippen LogP contribution in [0.1, 0.15) is 44.1 Å². The van der Waals surface area contributed by atoms with Crippen molar-refractivity contribution in [1.82, 2.24) is 4.98 Å². The van der Waals surface area contributed by atoms with Gasteiger partial charge in [0.2, 0.25) is 0 Å². The SMILES string of the molecule is NC1(CCc2c[nH]c3ccccc23)CCCCC1. The smallest absolute Gasteiger partial charge is 0.0456 e. The molecule has 0 bridgehead atoms. The fourth-order valence-corrected chi connectivity index (χ4v) is 3.23. The highest BCUT2D eigenvalue weighted by atomic mass is 14.7. The van der Waals surface area contributed by atoms with Crippen LogP contribution in [0, 0.1) is 0 Å². The van der Waals surface area contributed by atoms with E-state index >= 15 is 0 Å². The second-order valence-electron chi connectivity index (χ2n) is 5.78. The first-order chi connectivity index (χ1) is 8.77. The lowest BCUT2D eigenvalue weighted by Crippen LogP contribution is -2.41. The maximum Gasteiger partial charge on any atom is 0.0456 e. The van der Waals surface area contributed by atoms with E-state index in [1.807, 2.05) is 0 Å². The van der Waals surface area contributed by atoms with Crippen LogP contribution in [-0.2, 0) is 6.42 Å². The molecular weight excluding hydrogens is 220 g/mol. The summed E-state index contributed by atoms with van der Waals surface area (Å²) in [5, 5.41) is 1.36. The number of aromatic amines is 1. The Morgan fingerprint density at radius 3 is 2.72 bits per heavy atom. The fourth-order valence-electron chi connectivity index (χ4n) is 3.23. The van der Waals surface area contributed by atoms with Crippen LogP contribution in [0.4, 0.5) is 0 Å². The van der Waals surface area contributed by atoms with Crippen molar-refractivity contribution in [3.05, 3.63) is 36.0 Å². The molecule has 1 saturated carbocycles. The molecule has 96 valence electrons. The topological polar surface area (TPSA) is 41.8 Å². The van der Waals surface area contributed by atoms with Crippen molar-refractivity contribution in [1.29, 1.82) is 0 Å². The first-order valence-corrected chi connectivity index (χ1v) is 7.11. The Bertz CT molecular complexity index is 521. The lowest BCUT2D eigenvalue weighted by molar-refractivity contribution is 0.278. The zero-order valence-corrected chi connectivity index (χ0v) is 10.9. The molecule has 18 heavy (non-hydrogen) atoms. The number of H-pyrrole nitrogens is 1. The average Bonchev–Trinajstić information content (AvgIpc) is 2.81. The third kappa shape index (κ3) is 2.30. The van der Waals surface area contributed by atoms with Crippen molar-refractivity contribution in [3.63, 3.8) is 0 Å². The molecule has 3 N–H and O–H groups in total. The lowest BCUT2D eigenvalue weighted by Gasteiger charge is -2.33. The summed E-state index contributed by atoms with van der Waals surface area (Å²) in [7, 11) is 0. The number of benzene rings is 1. The van der Waals surface area contributed by atoms with E-state index in [0.29, 0.717) is 0 Å². The number of aryl methyl sites for hydroxylation is 1. The summed E-state index contributed by atoms with van der Waals surface area (Å²) in [5.74, 6) is 0. The monoisotopic (exact) mass is 242 g/mol. The van der Waals surface area contributed by atoms with Crippen molar-refractivity contribution in [2.24, 2.45) is 5.73 Å². The summed E-state index contributed by atoms with van der Waals surface area (Å²) in [5.41, 5.74) is 9.26. The summed E-state index contributed by atoms with van der Waals surface area (Å²) < 4.78 is 0. The van der Waals surface area contributed by atoms with Crippen molar-refractivity contribution < 1.29 is 0 Å². The normalized spacial score (nSPS) is 19.2. The van der Waals surface area contributed by atoms with Crippen LogP contribution in [0.5, 0.6) is 0 Å². The van der Waals surface area contributed by atoms with Gasteiger partial charge in [-0.3, -0.25) is 0 Å². The van der Waals surface area contributed by atoms with E-state index in [9.17, 15) is 0 Å². The molecule has 0 radical (unpaired) electrons. The van der Waals surface area contributed by atoms with E-state index in [-0.39, 0.29) is 5.54 Å². The predicted molar refractivity (Wildman–Crippen MR) is 76.6 cm³/mol. The highest BCUT2D eigenvalue weighted by Crippen LogP contribution is 2.30. The first-order valence-electron chi connectivity index (χ1n) is 7.11. The van der Waals surface area contributed by atoms with Gasteiger partial charge in [0.05, 0.1) is 0 Å². The van der Waals surface area contributed by atoms with E-state index in [1.54, 1.807) is 0 Å². The zero-order chi connectivity index (χ0) is 12.4. The van der Waals surface area contributed by atoms with Crippen LogP contribution in [0.25, 0.3) is 10.9 Å². The molecule has 0 unspecified atom stereocenters. The second-order valence-corrected chi connectivity index (χ2v) is 5.78. The first kappa shape index (κ1) is 11.8. The summed E-state index contributed by atoms with van der Waals surface area (Å²) >= 11 is 0. The van der Waals surface area contributed by atoms with Gasteiger partial charge in [-0.2, -0.15) is 0 Å². The van der Waals surface area contributed by atoms with E-state index < -0.39 is 0 Å². The minimum absolute atomic E-state index is 0.0939. The van der Waals surface area contributed by atoms with Gasteiger partial charge in [-0.1, -0.05) is 37.5 Å². The average molecular weight is 242 g/mol. The molecule has 1 aliphatic carbocycles. The zero-order valence-electron chi connectivity index (χ0n) is 10.9. The molecule has 0 saturated heterocycles. The third-order valence-electron chi connectivity index (χ3n) is 4.42. The molecule has 2 aromatic rings. The minimum Gasteiger partial charge on any atom is -0.361 e. The van der Waals surface area contributed by atoms with Crippen LogP contribution >= 0.6 is 0 Å². The highest BCUT2D eigenvalue weighted by Gasteiger charge is 2.26. The molecule has 1 aromatic carbocycles. The van der Waals surface area contributed by atoms with Gasteiger partial charge in [-0.05, 0) is 37.3 Å². The Hall–Kier alpha value is -1.28. The predicted octanol–water partition coefficient (Wildman–Crippen LogP) is 3.76. The van der Waals surface area contributed by atoms with E-state index in [0.717, 1.165) is 12.8 Å². The largest absolute Gasteiger partial charge is 0.361 e. The molecule has 0 aliphatic heterocycles. The molecular formula is C16H22N2. The molecule has 1 aromatic heterocycles. The highest BCUT2D eigenvalue weighted by molar-refractivity contribution is 5.83. The molecule has 1 aliphatic rings. The Morgan fingerprint density at radius 1 is 1.11 bits per heavy atom. The van der Waals surface area contributed by atoms with Gasteiger partial charge in [-0.25, -0.2) is 0 Å². The van der Waals surface area contributed by atoms with Gasteiger partial charge in [0, 0.05) is 22.6 Å². The van der Waals surface area contributed by atoms with Gasteiger partial charge in [0.1, 0.15) is 0 Å². The molecule has 1 heterocycles. The molecule has 2 heteroatoms. The van der Waals surface area contributed by atoms with Crippen LogP contribution in [0.3, 0.4) is 0 Å². The van der Waals surface area contributed by atoms with E-state index in [1.165, 1.54) is 48.6 Å². The summed E-state index contributed by atoms with van der Waals surface area (Å²) in [4.78, 5) is 3.35. The molecule has 0 spiro atoms. The number of hydrogen-bond acceptors (Lipinski definition) is 1. The number of fused-ring (bicyclic) bond motifs is 1. The summed E-state index contributed by atoms with van der Waals surface area (Å²) in [6.07, 6.45) is 10.8. The summed E-state index contributed by atoms with van der Waals surface area (Å²) in [6.45, 7) is 0. The van der Waals surface area contributed by atoms with Gasteiger partial charge in [0.25, 0.3) is 0 Å². The van der Waals surface area contributed by atoms with Crippen molar-refractivity contribution in [2.75, 3.05) is 0 Å². The van der Waals surface area contributed by atoms with Gasteiger partial charge in [0.15, 0.2) is 0 Å². The maximum atomic E-state index is 6.51. The third-order valence-corrected chi connectivity index (χ3v) is 4.42. The van der Waals surface area contributed by atoms with E-state index in [2.05, 4.69) is 35.4 Å². The second kappa shape index (κ2) is 4.77. The van der Waals surface area contributed by atoms with Crippen LogP contribution in [0.15, 0.2) is 30.5 Å². The van der Waals surface area contributed by atoms with Gasteiger partial charge < -0.3 is 10.7 Å². The number of hydrogen-bond donors (Lipinski definition) is 2. The number of aromatic nitrogens is 1. The van der Waals surface area contributed by atoms with Crippen molar-refractivity contribution in [2.45, 2.75) is 50.5 Å². The Balaban J connectivity index is 1.73. The minimum atomic E-state index is 0.0939. The van der Waals surface area contributed by atoms with Crippen LogP contribution in [0.2, 0.25) is 0 Å². The van der Waals surface area contributed by atoms with Crippen LogP contribution < -0.4 is 5.73 Å². The van der Waals surface area contributed by atoms with Crippen molar-refractivity contribution >= 4 is 10.9 Å². The Kier molecular flexibility index (Phi) is 3.13. The quantitative estimate of drug-likeness (QED) is 0.845. The fraction of sp³-hybridized carbons (Fsp3) is 0.500. The van der Waals surface area contributed by atoms with Gasteiger partial charge in [-0.15, -0.1) is 0 Å². The Labute approximate surface area is 109 Å². The van der Waals surface area contributed by atoms with Gasteiger partial charge >= 0.3 is 0 Å². The summed E-state index contributed by atoms with van der Waals surface area (Å²) in [6, 6.07) is 8.52. The molecule has 1 fully saturated rings. The lowest BCUT2D eigenvalue weighted by atomic mass is 9.79. The maximum absolute atomic E-state index is 6.51. The molecule has 3 rings (SSSR count). The number of nitrogens with two attached hydrogens (primary N) is 1. The number of rotatable bonds is 3. The standard InChI is InChI=1S/C16H22N2/c17-16(9-4-1-5-10-16)11-8-13-12-18-15-7-3-2-6-14(13)15/h2-3,6-7,12,18H,1,4-5,8-11,17H2.